The smallest absolute Gasteiger partial charge is 0.137 e. The molecule has 1 saturated carbocycles. The summed E-state index contributed by atoms with van der Waals surface area (Å²) in [5.41, 5.74) is 6.39. The van der Waals surface area contributed by atoms with Crippen LogP contribution in [0.1, 0.15) is 41.4 Å². The molecule has 2 heterocycles. The molecule has 0 bridgehead atoms. The Balaban J connectivity index is 2.38. The van der Waals surface area contributed by atoms with Crippen LogP contribution in [0.4, 0.5) is 0 Å². The summed E-state index contributed by atoms with van der Waals surface area (Å²) >= 11 is 0. The molecule has 0 amide bonds. The summed E-state index contributed by atoms with van der Waals surface area (Å²) in [4.78, 5) is 4.66. The number of nitrogens with zero attached hydrogens (tertiary/aromatic N) is 2. The van der Waals surface area contributed by atoms with Crippen molar-refractivity contribution in [3.05, 3.63) is 34.8 Å². The van der Waals surface area contributed by atoms with Crippen LogP contribution in [0.2, 0.25) is 0 Å². The van der Waals surface area contributed by atoms with Crippen LogP contribution in [0.5, 0.6) is 0 Å². The van der Waals surface area contributed by atoms with Gasteiger partial charge in [0.15, 0.2) is 0 Å². The first-order chi connectivity index (χ1) is 7.16. The summed E-state index contributed by atoms with van der Waals surface area (Å²) in [6.45, 7) is 6.44. The van der Waals surface area contributed by atoms with Crippen LogP contribution in [0, 0.1) is 20.8 Å². The van der Waals surface area contributed by atoms with Crippen molar-refractivity contribution in [2.24, 2.45) is 0 Å². The van der Waals surface area contributed by atoms with Gasteiger partial charge in [-0.1, -0.05) is 0 Å². The third-order valence-electron chi connectivity index (χ3n) is 3.23. The molecule has 0 aromatic carbocycles. The Hall–Kier alpha value is -1.31. The molecular weight excluding hydrogens is 184 g/mol. The van der Waals surface area contributed by atoms with E-state index < -0.39 is 0 Å². The molecule has 2 nitrogen and oxygen atoms in total. The highest BCUT2D eigenvalue weighted by atomic mass is 15.0. The van der Waals surface area contributed by atoms with Crippen molar-refractivity contribution >= 4 is 5.65 Å². The number of aromatic nitrogens is 2. The first-order valence-electron chi connectivity index (χ1n) is 5.63. The van der Waals surface area contributed by atoms with Gasteiger partial charge >= 0.3 is 0 Å². The Kier molecular flexibility index (Phi) is 1.70. The van der Waals surface area contributed by atoms with Crippen molar-refractivity contribution in [1.29, 1.82) is 0 Å². The normalized spacial score (nSPS) is 16.2. The van der Waals surface area contributed by atoms with Crippen molar-refractivity contribution in [1.82, 2.24) is 9.38 Å². The van der Waals surface area contributed by atoms with Crippen molar-refractivity contribution in [2.45, 2.75) is 39.5 Å². The predicted molar refractivity (Wildman–Crippen MR) is 61.4 cm³/mol. The Bertz CT molecular complexity index is 533. The molecule has 0 saturated heterocycles. The molecule has 15 heavy (non-hydrogen) atoms. The minimum absolute atomic E-state index is 0.765. The molecule has 0 spiro atoms. The Morgan fingerprint density at radius 2 is 1.93 bits per heavy atom. The van der Waals surface area contributed by atoms with Crippen molar-refractivity contribution < 1.29 is 0 Å². The number of aryl methyl sites for hydroxylation is 3. The predicted octanol–water partition coefficient (Wildman–Crippen LogP) is 3.14. The van der Waals surface area contributed by atoms with E-state index in [0.717, 1.165) is 11.6 Å². The lowest BCUT2D eigenvalue weighted by molar-refractivity contribution is 0.934. The molecule has 78 valence electrons. The molecule has 2 aromatic heterocycles. The highest BCUT2D eigenvalue weighted by Crippen LogP contribution is 2.42. The summed E-state index contributed by atoms with van der Waals surface area (Å²) in [7, 11) is 0. The van der Waals surface area contributed by atoms with Gasteiger partial charge in [0, 0.05) is 17.3 Å². The van der Waals surface area contributed by atoms with Gasteiger partial charge in [0.05, 0.1) is 5.69 Å². The maximum Gasteiger partial charge on any atom is 0.137 e. The quantitative estimate of drug-likeness (QED) is 0.691. The second kappa shape index (κ2) is 2.84. The van der Waals surface area contributed by atoms with Crippen molar-refractivity contribution in [3.8, 4) is 0 Å². The standard InChI is InChI=1S/C13H16N2/c1-8-6-9(2)15-12(7-8)14-10(3)13(15)11-4-5-11/h6-7,11H,4-5H2,1-3H3. The van der Waals surface area contributed by atoms with E-state index >= 15 is 0 Å². The van der Waals surface area contributed by atoms with E-state index in [4.69, 9.17) is 0 Å². The fourth-order valence-corrected chi connectivity index (χ4v) is 2.51. The Morgan fingerprint density at radius 1 is 1.20 bits per heavy atom. The van der Waals surface area contributed by atoms with Gasteiger partial charge in [-0.2, -0.15) is 0 Å². The molecule has 0 radical (unpaired) electrons. The van der Waals surface area contributed by atoms with E-state index in [9.17, 15) is 0 Å². The largest absolute Gasteiger partial charge is 0.301 e. The molecule has 2 heteroatoms. The highest BCUT2D eigenvalue weighted by Gasteiger charge is 2.29. The van der Waals surface area contributed by atoms with E-state index in [0.29, 0.717) is 0 Å². The first-order valence-corrected chi connectivity index (χ1v) is 5.63. The van der Waals surface area contributed by atoms with Crippen LogP contribution < -0.4 is 0 Å². The van der Waals surface area contributed by atoms with Crippen LogP contribution in [0.3, 0.4) is 0 Å². The van der Waals surface area contributed by atoms with E-state index in [1.807, 2.05) is 0 Å². The second-order valence-electron chi connectivity index (χ2n) is 4.72. The third-order valence-corrected chi connectivity index (χ3v) is 3.23. The van der Waals surface area contributed by atoms with E-state index in [-0.39, 0.29) is 0 Å². The zero-order valence-corrected chi connectivity index (χ0v) is 9.54. The molecule has 0 unspecified atom stereocenters. The summed E-state index contributed by atoms with van der Waals surface area (Å²) in [6.07, 6.45) is 2.67. The average Bonchev–Trinajstić information content (AvgIpc) is 2.89. The molecule has 1 aliphatic rings. The SMILES string of the molecule is Cc1cc(C)n2c(C3CC3)c(C)nc2c1. The lowest BCUT2D eigenvalue weighted by Crippen LogP contribution is -1.97. The molecule has 1 aliphatic carbocycles. The van der Waals surface area contributed by atoms with E-state index in [2.05, 4.69) is 42.3 Å². The van der Waals surface area contributed by atoms with Crippen LogP contribution in [0.25, 0.3) is 5.65 Å². The van der Waals surface area contributed by atoms with E-state index in [1.165, 1.54) is 35.5 Å². The zero-order valence-electron chi connectivity index (χ0n) is 9.54. The summed E-state index contributed by atoms with van der Waals surface area (Å²) in [6, 6.07) is 4.41. The number of pyridine rings is 1. The molecular formula is C13H16N2. The molecule has 1 fully saturated rings. The third kappa shape index (κ3) is 1.28. The maximum absolute atomic E-state index is 4.66. The van der Waals surface area contributed by atoms with Gasteiger partial charge < -0.3 is 4.40 Å². The molecule has 0 atom stereocenters. The van der Waals surface area contributed by atoms with Crippen LogP contribution in [-0.2, 0) is 0 Å². The number of rotatable bonds is 1. The molecule has 0 aliphatic heterocycles. The number of fused-ring (bicyclic) bond motifs is 1. The Labute approximate surface area is 90.0 Å². The topological polar surface area (TPSA) is 17.3 Å². The minimum atomic E-state index is 0.765. The second-order valence-corrected chi connectivity index (χ2v) is 4.72. The van der Waals surface area contributed by atoms with Gasteiger partial charge in [-0.25, -0.2) is 4.98 Å². The highest BCUT2D eigenvalue weighted by molar-refractivity contribution is 5.49. The summed E-state index contributed by atoms with van der Waals surface area (Å²) < 4.78 is 2.33. The molecule has 2 aromatic rings. The summed E-state index contributed by atoms with van der Waals surface area (Å²) in [5, 5.41) is 0. The molecule has 0 N–H and O–H groups in total. The van der Waals surface area contributed by atoms with Gasteiger partial charge in [0.25, 0.3) is 0 Å². The van der Waals surface area contributed by atoms with Gasteiger partial charge in [-0.05, 0) is 51.3 Å². The minimum Gasteiger partial charge on any atom is -0.301 e. The van der Waals surface area contributed by atoms with Gasteiger partial charge in [0.2, 0.25) is 0 Å². The average molecular weight is 200 g/mol. The van der Waals surface area contributed by atoms with Crippen LogP contribution in [0.15, 0.2) is 12.1 Å². The lowest BCUT2D eigenvalue weighted by Gasteiger charge is -2.06. The monoisotopic (exact) mass is 200 g/mol. The van der Waals surface area contributed by atoms with Crippen molar-refractivity contribution in [2.75, 3.05) is 0 Å². The number of hydrogen-bond donors (Lipinski definition) is 0. The van der Waals surface area contributed by atoms with Crippen molar-refractivity contribution in [3.63, 3.8) is 0 Å². The number of hydrogen-bond acceptors (Lipinski definition) is 1. The molecule has 3 rings (SSSR count). The lowest BCUT2D eigenvalue weighted by atomic mass is 10.2. The van der Waals surface area contributed by atoms with E-state index in [1.54, 1.807) is 0 Å². The zero-order chi connectivity index (χ0) is 10.6. The van der Waals surface area contributed by atoms with Crippen LogP contribution in [-0.4, -0.2) is 9.38 Å². The summed E-state index contributed by atoms with van der Waals surface area (Å²) in [5.74, 6) is 0.765. The van der Waals surface area contributed by atoms with Gasteiger partial charge in [-0.3, -0.25) is 0 Å². The fourth-order valence-electron chi connectivity index (χ4n) is 2.51. The van der Waals surface area contributed by atoms with Gasteiger partial charge in [-0.15, -0.1) is 0 Å². The van der Waals surface area contributed by atoms with Gasteiger partial charge in [0.1, 0.15) is 5.65 Å². The maximum atomic E-state index is 4.66. The first kappa shape index (κ1) is 8.96. The number of imidazole rings is 1. The fraction of sp³-hybridized carbons (Fsp3) is 0.462. The Morgan fingerprint density at radius 3 is 2.60 bits per heavy atom. The van der Waals surface area contributed by atoms with Crippen LogP contribution >= 0.6 is 0 Å².